The molecule has 1 saturated heterocycles. The van der Waals surface area contributed by atoms with Gasteiger partial charge in [0, 0.05) is 18.5 Å². The first-order chi connectivity index (χ1) is 17.3. The Bertz CT molecular complexity index is 1240. The van der Waals surface area contributed by atoms with Gasteiger partial charge in [0.1, 0.15) is 17.7 Å². The number of ether oxygens (including phenoxy) is 1. The lowest BCUT2D eigenvalue weighted by molar-refractivity contribution is -0.127. The molecule has 2 amide bonds. The molecule has 0 saturated carbocycles. The molecule has 0 spiro atoms. The molecule has 2 aliphatic rings. The molecule has 8 heteroatoms. The quantitative estimate of drug-likeness (QED) is 0.487. The van der Waals surface area contributed by atoms with Gasteiger partial charge < -0.3 is 14.9 Å². The van der Waals surface area contributed by atoms with Crippen LogP contribution in [-0.4, -0.2) is 52.0 Å². The van der Waals surface area contributed by atoms with Crippen molar-refractivity contribution in [3.05, 3.63) is 95.1 Å². The summed E-state index contributed by atoms with van der Waals surface area (Å²) in [6.07, 6.45) is -1.58. The van der Waals surface area contributed by atoms with Crippen molar-refractivity contribution in [1.29, 1.82) is 0 Å². The Balaban J connectivity index is 1.22. The molecule has 1 fully saturated rings. The minimum Gasteiger partial charge on any atom is -0.387 e. The van der Waals surface area contributed by atoms with E-state index < -0.39 is 36.1 Å². The number of aliphatic hydroxyl groups excluding tert-OH is 2. The van der Waals surface area contributed by atoms with Crippen LogP contribution >= 0.6 is 0 Å². The summed E-state index contributed by atoms with van der Waals surface area (Å²) in [4.78, 5) is 26.4. The highest BCUT2D eigenvalue weighted by Gasteiger charge is 2.43. The van der Waals surface area contributed by atoms with E-state index in [9.17, 15) is 28.6 Å². The summed E-state index contributed by atoms with van der Waals surface area (Å²) >= 11 is 0. The fourth-order valence-corrected chi connectivity index (χ4v) is 5.04. The fraction of sp³-hybridized carbons (Fsp3) is 0.286. The van der Waals surface area contributed by atoms with Gasteiger partial charge in [-0.15, -0.1) is 0 Å². The molecule has 0 aromatic heterocycles. The maximum atomic E-state index is 13.5. The molecule has 3 aromatic rings. The Morgan fingerprint density at radius 2 is 1.42 bits per heavy atom. The van der Waals surface area contributed by atoms with Crippen LogP contribution in [-0.2, 0) is 11.2 Å². The predicted octanol–water partition coefficient (Wildman–Crippen LogP) is 3.95. The van der Waals surface area contributed by atoms with Crippen LogP contribution in [0.4, 0.5) is 8.78 Å². The van der Waals surface area contributed by atoms with E-state index in [2.05, 4.69) is 0 Å². The van der Waals surface area contributed by atoms with Crippen LogP contribution in [0.2, 0.25) is 0 Å². The molecule has 2 N–H and O–H groups in total. The second-order valence-electron chi connectivity index (χ2n) is 9.21. The monoisotopic (exact) mass is 493 g/mol. The standard InChI is InChI=1S/C28H25F2NO5/c29-19-13-18(14-20(30)15-19)17-8-5-16(6-9-17)7-10-24-23(25(32)28(35)36-24)11-12-31-26(33)21-3-1-2-4-22(21)27(31)34/h1-6,8-9,13-15,23-25,28,32,35H,7,10-12H2/t23-,24+,25?,28?/m0/s1. The summed E-state index contributed by atoms with van der Waals surface area (Å²) in [6.45, 7) is 0.111. The maximum Gasteiger partial charge on any atom is 0.261 e. The molecule has 3 aromatic carbocycles. The molecular weight excluding hydrogens is 468 g/mol. The number of nitrogens with zero attached hydrogens (tertiary/aromatic N) is 1. The number of benzene rings is 3. The van der Waals surface area contributed by atoms with Crippen LogP contribution in [0.15, 0.2) is 66.7 Å². The smallest absolute Gasteiger partial charge is 0.261 e. The Morgan fingerprint density at radius 1 is 0.806 bits per heavy atom. The summed E-state index contributed by atoms with van der Waals surface area (Å²) in [6, 6.07) is 17.3. The zero-order valence-corrected chi connectivity index (χ0v) is 19.3. The van der Waals surface area contributed by atoms with Crippen molar-refractivity contribution in [1.82, 2.24) is 4.90 Å². The molecule has 36 heavy (non-hydrogen) atoms. The van der Waals surface area contributed by atoms with Gasteiger partial charge in [0.25, 0.3) is 11.8 Å². The third-order valence-corrected chi connectivity index (χ3v) is 6.95. The summed E-state index contributed by atoms with van der Waals surface area (Å²) in [7, 11) is 0. The lowest BCUT2D eigenvalue weighted by Crippen LogP contribution is -2.35. The van der Waals surface area contributed by atoms with Gasteiger partial charge in [-0.05, 0) is 60.2 Å². The third kappa shape index (κ3) is 4.67. The minimum absolute atomic E-state index is 0.111. The Kier molecular flexibility index (Phi) is 6.66. The summed E-state index contributed by atoms with van der Waals surface area (Å²) < 4.78 is 32.6. The van der Waals surface area contributed by atoms with Gasteiger partial charge in [0.2, 0.25) is 0 Å². The number of carbonyl (C=O) groups excluding carboxylic acids is 2. The van der Waals surface area contributed by atoms with Gasteiger partial charge in [0.15, 0.2) is 6.29 Å². The highest BCUT2D eigenvalue weighted by atomic mass is 19.1. The number of amides is 2. The fourth-order valence-electron chi connectivity index (χ4n) is 5.04. The molecule has 2 aliphatic heterocycles. The third-order valence-electron chi connectivity index (χ3n) is 6.95. The number of aryl methyl sites for hydroxylation is 1. The molecule has 4 atom stereocenters. The second kappa shape index (κ2) is 9.89. The number of rotatable bonds is 7. The first-order valence-corrected chi connectivity index (χ1v) is 11.8. The molecule has 5 rings (SSSR count). The predicted molar refractivity (Wildman–Crippen MR) is 127 cm³/mol. The number of hydrogen-bond acceptors (Lipinski definition) is 5. The number of aliphatic hydroxyl groups is 2. The summed E-state index contributed by atoms with van der Waals surface area (Å²) in [5.41, 5.74) is 2.81. The molecule has 6 nitrogen and oxygen atoms in total. The Hall–Kier alpha value is -3.46. The van der Waals surface area contributed by atoms with Crippen LogP contribution < -0.4 is 0 Å². The minimum atomic E-state index is -1.34. The number of fused-ring (bicyclic) bond motifs is 1. The van der Waals surface area contributed by atoms with Gasteiger partial charge in [-0.2, -0.15) is 0 Å². The number of imide groups is 1. The topological polar surface area (TPSA) is 87.1 Å². The van der Waals surface area contributed by atoms with Gasteiger partial charge in [-0.25, -0.2) is 8.78 Å². The van der Waals surface area contributed by atoms with Crippen molar-refractivity contribution in [3.63, 3.8) is 0 Å². The summed E-state index contributed by atoms with van der Waals surface area (Å²) in [5.74, 6) is -2.47. The molecule has 2 heterocycles. The van der Waals surface area contributed by atoms with Crippen molar-refractivity contribution in [2.75, 3.05) is 6.54 Å². The lowest BCUT2D eigenvalue weighted by atomic mass is 9.90. The number of halogens is 2. The van der Waals surface area contributed by atoms with Gasteiger partial charge in [-0.3, -0.25) is 14.5 Å². The van der Waals surface area contributed by atoms with E-state index in [-0.39, 0.29) is 18.4 Å². The van der Waals surface area contributed by atoms with Crippen molar-refractivity contribution >= 4 is 11.8 Å². The lowest BCUT2D eigenvalue weighted by Gasteiger charge is -2.22. The molecular formula is C28H25F2NO5. The van der Waals surface area contributed by atoms with E-state index >= 15 is 0 Å². The van der Waals surface area contributed by atoms with E-state index in [1.165, 1.54) is 17.0 Å². The Morgan fingerprint density at radius 3 is 2.03 bits per heavy atom. The Labute approximate surface area is 206 Å². The average Bonchev–Trinajstić information content (AvgIpc) is 3.28. The van der Waals surface area contributed by atoms with Crippen LogP contribution in [0.1, 0.15) is 39.1 Å². The van der Waals surface area contributed by atoms with Crippen LogP contribution in [0.3, 0.4) is 0 Å². The zero-order valence-electron chi connectivity index (χ0n) is 19.3. The number of hydrogen-bond donors (Lipinski definition) is 2. The maximum absolute atomic E-state index is 13.5. The largest absolute Gasteiger partial charge is 0.387 e. The van der Waals surface area contributed by atoms with Crippen molar-refractivity contribution in [2.24, 2.45) is 5.92 Å². The second-order valence-corrected chi connectivity index (χ2v) is 9.21. The molecule has 0 radical (unpaired) electrons. The van der Waals surface area contributed by atoms with E-state index in [4.69, 9.17) is 4.74 Å². The van der Waals surface area contributed by atoms with E-state index in [0.717, 1.165) is 11.6 Å². The first-order valence-electron chi connectivity index (χ1n) is 11.8. The molecule has 2 unspecified atom stereocenters. The SMILES string of the molecule is O=C1c2ccccc2C(=O)N1CC[C@@H]1C(O)C(O)O[C@@H]1CCc1ccc(-c2cc(F)cc(F)c2)cc1. The van der Waals surface area contributed by atoms with Crippen molar-refractivity contribution in [3.8, 4) is 11.1 Å². The average molecular weight is 494 g/mol. The summed E-state index contributed by atoms with van der Waals surface area (Å²) in [5, 5.41) is 20.6. The van der Waals surface area contributed by atoms with Crippen LogP contribution in [0, 0.1) is 17.6 Å². The number of carbonyl (C=O) groups is 2. The van der Waals surface area contributed by atoms with Gasteiger partial charge in [0.05, 0.1) is 17.2 Å². The first kappa shape index (κ1) is 24.2. The molecule has 0 aliphatic carbocycles. The van der Waals surface area contributed by atoms with Crippen LogP contribution in [0.5, 0.6) is 0 Å². The highest BCUT2D eigenvalue weighted by molar-refractivity contribution is 6.21. The van der Waals surface area contributed by atoms with Crippen molar-refractivity contribution < 1.29 is 33.3 Å². The highest BCUT2D eigenvalue weighted by Crippen LogP contribution is 2.33. The van der Waals surface area contributed by atoms with E-state index in [0.29, 0.717) is 41.5 Å². The molecule has 0 bridgehead atoms. The van der Waals surface area contributed by atoms with E-state index in [1.807, 2.05) is 12.1 Å². The van der Waals surface area contributed by atoms with Crippen LogP contribution in [0.25, 0.3) is 11.1 Å². The molecule has 186 valence electrons. The van der Waals surface area contributed by atoms with Crippen molar-refractivity contribution in [2.45, 2.75) is 37.8 Å². The van der Waals surface area contributed by atoms with Gasteiger partial charge in [-0.1, -0.05) is 36.4 Å². The van der Waals surface area contributed by atoms with Gasteiger partial charge >= 0.3 is 0 Å². The normalized spacial score (nSPS) is 23.4. The zero-order chi connectivity index (χ0) is 25.4. The van der Waals surface area contributed by atoms with E-state index in [1.54, 1.807) is 36.4 Å².